The Hall–Kier alpha value is -2.87. The number of aromatic carboxylic acids is 1. The lowest BCUT2D eigenvalue weighted by molar-refractivity contribution is 0.0697. The zero-order valence-corrected chi connectivity index (χ0v) is 11.0. The van der Waals surface area contributed by atoms with E-state index < -0.39 is 11.8 Å². The fraction of sp³-hybridized carbons (Fsp3) is 0.125. The van der Waals surface area contributed by atoms with E-state index in [1.54, 1.807) is 30.3 Å². The number of benzene rings is 2. The van der Waals surface area contributed by atoms with Gasteiger partial charge in [-0.15, -0.1) is 0 Å². The van der Waals surface area contributed by atoms with Crippen LogP contribution in [0.1, 0.15) is 27.0 Å². The number of fused-ring (bicyclic) bond motifs is 1. The van der Waals surface area contributed by atoms with E-state index in [-0.39, 0.29) is 11.1 Å². The van der Waals surface area contributed by atoms with E-state index in [2.05, 4.69) is 0 Å². The monoisotopic (exact) mass is 282 g/mol. The third kappa shape index (κ3) is 2.21. The summed E-state index contributed by atoms with van der Waals surface area (Å²) in [5.74, 6) is -1.52. The first-order chi connectivity index (χ1) is 10.1. The van der Waals surface area contributed by atoms with Crippen molar-refractivity contribution in [2.75, 3.05) is 4.90 Å². The molecule has 21 heavy (non-hydrogen) atoms. The molecule has 4 nitrogen and oxygen atoms in total. The summed E-state index contributed by atoms with van der Waals surface area (Å²) in [5, 5.41) is 18.1. The average molecular weight is 282 g/mol. The van der Waals surface area contributed by atoms with Gasteiger partial charge in [0.25, 0.3) is 0 Å². The standard InChI is InChI=1S/C16H11FN2O2/c17-14-2-1-3-15(13(14)7-18)19-8-11-5-4-10(16(20)21)6-12(11)9-19/h1-6H,8-9H2,(H,20,21). The van der Waals surface area contributed by atoms with Crippen LogP contribution in [0.3, 0.4) is 0 Å². The second-order valence-corrected chi connectivity index (χ2v) is 4.89. The molecule has 0 spiro atoms. The van der Waals surface area contributed by atoms with Gasteiger partial charge in [0.1, 0.15) is 17.4 Å². The molecule has 0 aromatic heterocycles. The Morgan fingerprint density at radius 1 is 1.24 bits per heavy atom. The maximum Gasteiger partial charge on any atom is 0.335 e. The lowest BCUT2D eigenvalue weighted by Crippen LogP contribution is -2.16. The third-order valence-corrected chi connectivity index (χ3v) is 3.62. The zero-order valence-electron chi connectivity index (χ0n) is 11.0. The molecule has 0 bridgehead atoms. The molecule has 0 aliphatic carbocycles. The van der Waals surface area contributed by atoms with Crippen molar-refractivity contribution < 1.29 is 14.3 Å². The van der Waals surface area contributed by atoms with Crippen LogP contribution in [-0.4, -0.2) is 11.1 Å². The molecule has 0 fully saturated rings. The highest BCUT2D eigenvalue weighted by Crippen LogP contribution is 2.31. The van der Waals surface area contributed by atoms with Crippen LogP contribution >= 0.6 is 0 Å². The summed E-state index contributed by atoms with van der Waals surface area (Å²) in [4.78, 5) is 12.9. The third-order valence-electron chi connectivity index (χ3n) is 3.62. The minimum Gasteiger partial charge on any atom is -0.478 e. The van der Waals surface area contributed by atoms with Crippen molar-refractivity contribution in [1.29, 1.82) is 5.26 Å². The summed E-state index contributed by atoms with van der Waals surface area (Å²) < 4.78 is 13.7. The average Bonchev–Trinajstić information content (AvgIpc) is 2.89. The van der Waals surface area contributed by atoms with Crippen LogP contribution in [0, 0.1) is 17.1 Å². The second-order valence-electron chi connectivity index (χ2n) is 4.89. The fourth-order valence-corrected chi connectivity index (χ4v) is 2.58. The van der Waals surface area contributed by atoms with E-state index in [0.717, 1.165) is 11.1 Å². The lowest BCUT2D eigenvalue weighted by Gasteiger charge is -2.19. The van der Waals surface area contributed by atoms with Crippen molar-refractivity contribution in [3.05, 3.63) is 64.5 Å². The first-order valence-electron chi connectivity index (χ1n) is 6.39. The summed E-state index contributed by atoms with van der Waals surface area (Å²) in [5.41, 5.74) is 2.67. The number of anilines is 1. The molecule has 0 atom stereocenters. The van der Waals surface area contributed by atoms with Gasteiger partial charge in [0.05, 0.1) is 11.3 Å². The highest BCUT2D eigenvalue weighted by atomic mass is 19.1. The molecule has 1 aliphatic heterocycles. The van der Waals surface area contributed by atoms with Gasteiger partial charge in [0.2, 0.25) is 0 Å². The second kappa shape index (κ2) is 4.91. The number of carbonyl (C=O) groups is 1. The van der Waals surface area contributed by atoms with E-state index in [1.807, 2.05) is 11.0 Å². The Morgan fingerprint density at radius 3 is 2.71 bits per heavy atom. The lowest BCUT2D eigenvalue weighted by atomic mass is 10.1. The number of rotatable bonds is 2. The summed E-state index contributed by atoms with van der Waals surface area (Å²) in [6, 6.07) is 11.4. The van der Waals surface area contributed by atoms with Gasteiger partial charge >= 0.3 is 5.97 Å². The SMILES string of the molecule is N#Cc1c(F)cccc1N1Cc2ccc(C(=O)O)cc2C1. The molecule has 5 heteroatoms. The molecule has 0 unspecified atom stereocenters. The van der Waals surface area contributed by atoms with Gasteiger partial charge in [-0.1, -0.05) is 12.1 Å². The summed E-state index contributed by atoms with van der Waals surface area (Å²) >= 11 is 0. The van der Waals surface area contributed by atoms with Gasteiger partial charge in [-0.25, -0.2) is 9.18 Å². The van der Waals surface area contributed by atoms with Crippen LogP contribution in [0.25, 0.3) is 0 Å². The van der Waals surface area contributed by atoms with Gasteiger partial charge < -0.3 is 10.0 Å². The van der Waals surface area contributed by atoms with Gasteiger partial charge in [-0.2, -0.15) is 5.26 Å². The molecule has 1 N–H and O–H groups in total. The minimum atomic E-state index is -0.972. The summed E-state index contributed by atoms with van der Waals surface area (Å²) in [6.07, 6.45) is 0. The molecular weight excluding hydrogens is 271 g/mol. The van der Waals surface area contributed by atoms with E-state index in [9.17, 15) is 9.18 Å². The molecule has 0 amide bonds. The van der Waals surface area contributed by atoms with Gasteiger partial charge in [0.15, 0.2) is 0 Å². The highest BCUT2D eigenvalue weighted by molar-refractivity contribution is 5.88. The largest absolute Gasteiger partial charge is 0.478 e. The fourth-order valence-electron chi connectivity index (χ4n) is 2.58. The van der Waals surface area contributed by atoms with E-state index in [4.69, 9.17) is 10.4 Å². The van der Waals surface area contributed by atoms with Crippen LogP contribution < -0.4 is 4.90 Å². The van der Waals surface area contributed by atoms with Crippen LogP contribution in [0.4, 0.5) is 10.1 Å². The van der Waals surface area contributed by atoms with Crippen LogP contribution in [0.15, 0.2) is 36.4 Å². The van der Waals surface area contributed by atoms with Crippen molar-refractivity contribution in [3.63, 3.8) is 0 Å². The van der Waals surface area contributed by atoms with E-state index >= 15 is 0 Å². The quantitative estimate of drug-likeness (QED) is 0.919. The molecule has 104 valence electrons. The number of carboxylic acid groups (broad SMARTS) is 1. The van der Waals surface area contributed by atoms with Gasteiger partial charge in [0, 0.05) is 13.1 Å². The number of nitrogens with zero attached hydrogens (tertiary/aromatic N) is 2. The summed E-state index contributed by atoms with van der Waals surface area (Å²) in [6.45, 7) is 1.00. The Kier molecular flexibility index (Phi) is 3.07. The molecular formula is C16H11FN2O2. The first-order valence-corrected chi connectivity index (χ1v) is 6.39. The maximum absolute atomic E-state index is 13.7. The Morgan fingerprint density at radius 2 is 2.00 bits per heavy atom. The van der Waals surface area contributed by atoms with Crippen LogP contribution in [0.2, 0.25) is 0 Å². The summed E-state index contributed by atoms with van der Waals surface area (Å²) in [7, 11) is 0. The number of halogens is 1. The molecule has 3 rings (SSSR count). The van der Waals surface area contributed by atoms with Gasteiger partial charge in [-0.05, 0) is 35.4 Å². The predicted molar refractivity (Wildman–Crippen MR) is 74.4 cm³/mol. The highest BCUT2D eigenvalue weighted by Gasteiger charge is 2.23. The molecule has 0 saturated carbocycles. The number of hydrogen-bond donors (Lipinski definition) is 1. The Balaban J connectivity index is 1.97. The number of hydrogen-bond acceptors (Lipinski definition) is 3. The van der Waals surface area contributed by atoms with Crippen LogP contribution in [0.5, 0.6) is 0 Å². The topological polar surface area (TPSA) is 64.3 Å². The van der Waals surface area contributed by atoms with Crippen molar-refractivity contribution in [3.8, 4) is 6.07 Å². The van der Waals surface area contributed by atoms with E-state index in [0.29, 0.717) is 18.8 Å². The predicted octanol–water partition coefficient (Wildman–Crippen LogP) is 2.92. The zero-order chi connectivity index (χ0) is 15.0. The minimum absolute atomic E-state index is 0.0174. The molecule has 1 heterocycles. The normalized spacial score (nSPS) is 12.9. The van der Waals surface area contributed by atoms with Crippen molar-refractivity contribution in [1.82, 2.24) is 0 Å². The van der Waals surface area contributed by atoms with Gasteiger partial charge in [-0.3, -0.25) is 0 Å². The molecule has 0 radical (unpaired) electrons. The molecule has 2 aromatic rings. The number of nitriles is 1. The number of carboxylic acids is 1. The van der Waals surface area contributed by atoms with Crippen LogP contribution in [-0.2, 0) is 13.1 Å². The van der Waals surface area contributed by atoms with E-state index in [1.165, 1.54) is 6.07 Å². The Labute approximate surface area is 120 Å². The first kappa shape index (κ1) is 13.1. The Bertz CT molecular complexity index is 780. The molecule has 0 saturated heterocycles. The molecule has 1 aliphatic rings. The molecule has 2 aromatic carbocycles. The van der Waals surface area contributed by atoms with Crippen molar-refractivity contribution in [2.45, 2.75) is 13.1 Å². The maximum atomic E-state index is 13.7. The smallest absolute Gasteiger partial charge is 0.335 e. The van der Waals surface area contributed by atoms with Crippen molar-refractivity contribution >= 4 is 11.7 Å². The van der Waals surface area contributed by atoms with Crippen molar-refractivity contribution in [2.24, 2.45) is 0 Å².